The summed E-state index contributed by atoms with van der Waals surface area (Å²) in [7, 11) is 0. The Morgan fingerprint density at radius 2 is 1.40 bits per heavy atom. The second kappa shape index (κ2) is 14.5. The molecule has 2 unspecified atom stereocenters. The van der Waals surface area contributed by atoms with Gasteiger partial charge in [-0.15, -0.1) is 0 Å². The van der Waals surface area contributed by atoms with Gasteiger partial charge in [-0.2, -0.15) is 0 Å². The minimum atomic E-state index is -1.52. The third-order valence-electron chi connectivity index (χ3n) is 5.20. The maximum Gasteiger partial charge on any atom is 0.306 e. The lowest BCUT2D eigenvalue weighted by molar-refractivity contribution is -0.150. The summed E-state index contributed by atoms with van der Waals surface area (Å²) < 4.78 is 0. The summed E-state index contributed by atoms with van der Waals surface area (Å²) in [5, 5.41) is 39.0. The fourth-order valence-corrected chi connectivity index (χ4v) is 3.33. The molecule has 0 spiro atoms. The van der Waals surface area contributed by atoms with E-state index in [4.69, 9.17) is 0 Å². The molecule has 0 heterocycles. The van der Waals surface area contributed by atoms with E-state index in [0.29, 0.717) is 12.8 Å². The van der Waals surface area contributed by atoms with Crippen LogP contribution in [0.3, 0.4) is 0 Å². The molecule has 4 N–H and O–H groups in total. The number of aliphatic carboxylic acids is 1. The first-order valence-corrected chi connectivity index (χ1v) is 10.1. The lowest BCUT2D eigenvalue weighted by Gasteiger charge is -2.34. The maximum atomic E-state index is 11.2. The van der Waals surface area contributed by atoms with Gasteiger partial charge in [0.25, 0.3) is 0 Å². The zero-order valence-electron chi connectivity index (χ0n) is 16.3. The molecule has 0 fully saturated rings. The maximum absolute atomic E-state index is 11.2. The van der Waals surface area contributed by atoms with Crippen molar-refractivity contribution in [1.82, 2.24) is 0 Å². The van der Waals surface area contributed by atoms with Crippen molar-refractivity contribution in [2.75, 3.05) is 6.61 Å². The van der Waals surface area contributed by atoms with Crippen LogP contribution in [-0.2, 0) is 4.79 Å². The van der Waals surface area contributed by atoms with Gasteiger partial charge in [-0.1, -0.05) is 78.1 Å². The highest BCUT2D eigenvalue weighted by atomic mass is 16.4. The number of unbranched alkanes of at least 4 members (excludes halogenated alkanes) is 9. The molecule has 0 aliphatic heterocycles. The van der Waals surface area contributed by atoms with Crippen molar-refractivity contribution >= 4 is 5.97 Å². The number of aliphatic hydroxyl groups excluding tert-OH is 2. The van der Waals surface area contributed by atoms with Crippen molar-refractivity contribution in [3.05, 3.63) is 0 Å². The van der Waals surface area contributed by atoms with Gasteiger partial charge in [-0.05, 0) is 19.3 Å². The molecule has 0 aromatic rings. The average molecular weight is 361 g/mol. The Labute approximate surface area is 153 Å². The number of carboxylic acid groups (broad SMARTS) is 1. The van der Waals surface area contributed by atoms with Crippen LogP contribution in [0.5, 0.6) is 0 Å². The summed E-state index contributed by atoms with van der Waals surface area (Å²) in [4.78, 5) is 11.2. The molecule has 5 nitrogen and oxygen atoms in total. The van der Waals surface area contributed by atoms with E-state index in [-0.39, 0.29) is 6.42 Å². The van der Waals surface area contributed by atoms with Crippen LogP contribution in [0.1, 0.15) is 97.3 Å². The lowest BCUT2D eigenvalue weighted by Crippen LogP contribution is -2.46. The molecule has 0 aromatic heterocycles. The van der Waals surface area contributed by atoms with Gasteiger partial charge >= 0.3 is 5.97 Å². The number of aliphatic hydroxyl groups is 3. The fraction of sp³-hybridized carbons (Fsp3) is 0.950. The van der Waals surface area contributed by atoms with E-state index >= 15 is 0 Å². The van der Waals surface area contributed by atoms with E-state index in [1.807, 2.05) is 0 Å². The molecule has 0 bridgehead atoms. The highest BCUT2D eigenvalue weighted by Crippen LogP contribution is 2.29. The summed E-state index contributed by atoms with van der Waals surface area (Å²) in [6.45, 7) is 3.42. The molecule has 0 amide bonds. The molecule has 0 saturated carbocycles. The fourth-order valence-electron chi connectivity index (χ4n) is 3.33. The summed E-state index contributed by atoms with van der Waals surface area (Å²) >= 11 is 0. The normalized spacial score (nSPS) is 16.4. The number of rotatable bonds is 17. The average Bonchev–Trinajstić information content (AvgIpc) is 2.60. The van der Waals surface area contributed by atoms with Crippen LogP contribution >= 0.6 is 0 Å². The summed E-state index contributed by atoms with van der Waals surface area (Å²) in [5.74, 6) is -1.66. The van der Waals surface area contributed by atoms with Gasteiger partial charge in [-0.25, -0.2) is 0 Å². The Balaban J connectivity index is 4.10. The van der Waals surface area contributed by atoms with Crippen molar-refractivity contribution in [3.63, 3.8) is 0 Å². The summed E-state index contributed by atoms with van der Waals surface area (Å²) in [6, 6.07) is 0. The molecule has 0 saturated heterocycles. The first kappa shape index (κ1) is 24.4. The highest BCUT2D eigenvalue weighted by molar-refractivity contribution is 5.70. The summed E-state index contributed by atoms with van der Waals surface area (Å²) in [6.07, 6.45) is 11.1. The molecule has 0 aliphatic rings. The molecule has 25 heavy (non-hydrogen) atoms. The van der Waals surface area contributed by atoms with E-state index in [0.717, 1.165) is 19.3 Å². The van der Waals surface area contributed by atoms with Crippen LogP contribution in [0.4, 0.5) is 0 Å². The van der Waals surface area contributed by atoms with Gasteiger partial charge in [0.2, 0.25) is 0 Å². The minimum Gasteiger partial charge on any atom is -0.481 e. The van der Waals surface area contributed by atoms with Gasteiger partial charge in [-0.3, -0.25) is 4.79 Å². The Morgan fingerprint density at radius 1 is 0.920 bits per heavy atom. The number of hydrogen-bond donors (Lipinski definition) is 4. The second-order valence-electron chi connectivity index (χ2n) is 7.38. The number of carbonyl (C=O) groups is 1. The Morgan fingerprint density at radius 3 is 1.80 bits per heavy atom. The van der Waals surface area contributed by atoms with E-state index < -0.39 is 30.2 Å². The van der Waals surface area contributed by atoms with Crippen LogP contribution < -0.4 is 0 Å². The van der Waals surface area contributed by atoms with Crippen LogP contribution in [0.2, 0.25) is 0 Å². The van der Waals surface area contributed by atoms with Gasteiger partial charge in [0.15, 0.2) is 0 Å². The van der Waals surface area contributed by atoms with Gasteiger partial charge in [0.1, 0.15) is 6.10 Å². The van der Waals surface area contributed by atoms with E-state index in [1.54, 1.807) is 6.92 Å². The van der Waals surface area contributed by atoms with Crippen LogP contribution in [0.15, 0.2) is 0 Å². The molecule has 0 rings (SSSR count). The third-order valence-corrected chi connectivity index (χ3v) is 5.20. The standard InChI is InChI=1S/C20H40O5/c1-3-5-6-7-8-9-10-11-12-13-14-20(25,18(22)16-21)15-17(4-2)19(23)24/h17-18,21-22,25H,3-16H2,1-2H3,(H,23,24)/t17?,18?,20-/m0/s1. The van der Waals surface area contributed by atoms with Gasteiger partial charge < -0.3 is 20.4 Å². The smallest absolute Gasteiger partial charge is 0.306 e. The van der Waals surface area contributed by atoms with E-state index in [1.165, 1.54) is 44.9 Å². The SMILES string of the molecule is CCCCCCCCCCCC[C@](O)(CC(CC)C(=O)O)C(O)CO. The van der Waals surface area contributed by atoms with E-state index in [9.17, 15) is 25.2 Å². The molecular weight excluding hydrogens is 320 g/mol. The molecule has 5 heteroatoms. The lowest BCUT2D eigenvalue weighted by atomic mass is 9.81. The zero-order chi connectivity index (χ0) is 19.1. The Kier molecular flexibility index (Phi) is 14.1. The zero-order valence-corrected chi connectivity index (χ0v) is 16.3. The summed E-state index contributed by atoms with van der Waals surface area (Å²) in [5.41, 5.74) is -1.52. The monoisotopic (exact) mass is 360 g/mol. The highest BCUT2D eigenvalue weighted by Gasteiger charge is 2.38. The van der Waals surface area contributed by atoms with Crippen molar-refractivity contribution in [2.24, 2.45) is 5.92 Å². The van der Waals surface area contributed by atoms with Crippen molar-refractivity contribution < 1.29 is 25.2 Å². The molecule has 150 valence electrons. The molecule has 0 aliphatic carbocycles. The molecule has 0 radical (unpaired) electrons. The first-order chi connectivity index (χ1) is 11.9. The minimum absolute atomic E-state index is 0.0159. The Bertz CT molecular complexity index is 334. The van der Waals surface area contributed by atoms with Crippen molar-refractivity contribution in [3.8, 4) is 0 Å². The predicted octanol–water partition coefficient (Wildman–Crippen LogP) is 3.88. The Hall–Kier alpha value is -0.650. The largest absolute Gasteiger partial charge is 0.481 e. The predicted molar refractivity (Wildman–Crippen MR) is 101 cm³/mol. The van der Waals surface area contributed by atoms with Crippen molar-refractivity contribution in [2.45, 2.75) is 109 Å². The number of carboxylic acids is 1. The number of hydrogen-bond acceptors (Lipinski definition) is 4. The van der Waals surface area contributed by atoms with E-state index in [2.05, 4.69) is 6.92 Å². The van der Waals surface area contributed by atoms with Crippen LogP contribution in [0.25, 0.3) is 0 Å². The molecule has 3 atom stereocenters. The third kappa shape index (κ3) is 10.8. The molecule has 0 aromatic carbocycles. The van der Waals surface area contributed by atoms with Crippen LogP contribution in [0, 0.1) is 5.92 Å². The van der Waals surface area contributed by atoms with Crippen molar-refractivity contribution in [1.29, 1.82) is 0 Å². The van der Waals surface area contributed by atoms with Gasteiger partial charge in [0.05, 0.1) is 18.1 Å². The van der Waals surface area contributed by atoms with Gasteiger partial charge in [0, 0.05) is 0 Å². The second-order valence-corrected chi connectivity index (χ2v) is 7.38. The molecular formula is C20H40O5. The van der Waals surface area contributed by atoms with Crippen LogP contribution in [-0.4, -0.2) is 44.7 Å². The first-order valence-electron chi connectivity index (χ1n) is 10.1. The quantitative estimate of drug-likeness (QED) is 0.295. The topological polar surface area (TPSA) is 98.0 Å².